The Morgan fingerprint density at radius 3 is 2.31 bits per heavy atom. The maximum atomic E-state index is 13.1. The molecule has 3 N–H and O–H groups in total. The maximum Gasteiger partial charge on any atom is 0.269 e. The Morgan fingerprint density at radius 1 is 0.949 bits per heavy atom. The average Bonchev–Trinajstić information content (AvgIpc) is 3.69. The lowest BCUT2D eigenvalue weighted by atomic mass is 10.0. The average molecular weight is 518 g/mol. The Bertz CT molecular complexity index is 1670. The molecule has 0 saturated carbocycles. The van der Waals surface area contributed by atoms with Gasteiger partial charge in [-0.15, -0.1) is 0 Å². The Morgan fingerprint density at radius 2 is 1.62 bits per heavy atom. The highest BCUT2D eigenvalue weighted by Gasteiger charge is 2.32. The second kappa shape index (κ2) is 9.98. The van der Waals surface area contributed by atoms with Crippen molar-refractivity contribution in [2.75, 3.05) is 13.1 Å². The van der Waals surface area contributed by atoms with Crippen molar-refractivity contribution >= 4 is 23.0 Å². The second-order valence-corrected chi connectivity index (χ2v) is 9.59. The van der Waals surface area contributed by atoms with Gasteiger partial charge in [-0.3, -0.25) is 9.59 Å². The van der Waals surface area contributed by atoms with Gasteiger partial charge < -0.3 is 20.4 Å². The number of primary amides is 1. The Kier molecular flexibility index (Phi) is 6.20. The molecule has 8 heteroatoms. The van der Waals surface area contributed by atoms with Crippen LogP contribution in [0.4, 0.5) is 0 Å². The molecule has 1 unspecified atom stereocenters. The fourth-order valence-electron chi connectivity index (χ4n) is 5.14. The predicted molar refractivity (Wildman–Crippen MR) is 149 cm³/mol. The molecule has 1 aliphatic rings. The van der Waals surface area contributed by atoms with Gasteiger partial charge in [0.15, 0.2) is 5.69 Å². The van der Waals surface area contributed by atoms with E-state index in [1.165, 1.54) is 0 Å². The first-order valence-electron chi connectivity index (χ1n) is 12.8. The molecule has 0 bridgehead atoms. The Labute approximate surface area is 225 Å². The van der Waals surface area contributed by atoms with Gasteiger partial charge in [-0.25, -0.2) is 4.52 Å². The number of amides is 2. The van der Waals surface area contributed by atoms with Crippen molar-refractivity contribution in [3.63, 3.8) is 0 Å². The summed E-state index contributed by atoms with van der Waals surface area (Å²) >= 11 is 0. The van der Waals surface area contributed by atoms with Crippen LogP contribution in [0.2, 0.25) is 0 Å². The number of likely N-dealkylation sites (tertiary alicyclic amines) is 1. The summed E-state index contributed by atoms with van der Waals surface area (Å²) in [6.45, 7) is 5.19. The molecule has 39 heavy (non-hydrogen) atoms. The van der Waals surface area contributed by atoms with Gasteiger partial charge in [0.2, 0.25) is 0 Å². The Hall–Kier alpha value is -5.11. The van der Waals surface area contributed by atoms with Crippen molar-refractivity contribution in [1.29, 1.82) is 0 Å². The van der Waals surface area contributed by atoms with E-state index in [1.807, 2.05) is 89.8 Å². The van der Waals surface area contributed by atoms with Gasteiger partial charge in [0.05, 0.1) is 11.9 Å². The first kappa shape index (κ1) is 24.2. The number of benzene rings is 3. The zero-order chi connectivity index (χ0) is 26.9. The molecular weight excluding hydrogens is 490 g/mol. The number of H-pyrrole nitrogens is 1. The van der Waals surface area contributed by atoms with Gasteiger partial charge >= 0.3 is 0 Å². The number of hydrogen-bond acceptors (Lipinski definition) is 4. The summed E-state index contributed by atoms with van der Waals surface area (Å²) < 4.78 is 7.46. The van der Waals surface area contributed by atoms with E-state index in [4.69, 9.17) is 10.5 Å². The molecule has 0 spiro atoms. The number of aromatic nitrogens is 3. The third-order valence-corrected chi connectivity index (χ3v) is 7.14. The van der Waals surface area contributed by atoms with Gasteiger partial charge in [-0.1, -0.05) is 55.1 Å². The van der Waals surface area contributed by atoms with Crippen LogP contribution in [0, 0.1) is 0 Å². The maximum absolute atomic E-state index is 13.1. The van der Waals surface area contributed by atoms with Gasteiger partial charge in [0.1, 0.15) is 17.1 Å². The monoisotopic (exact) mass is 517 g/mol. The van der Waals surface area contributed by atoms with E-state index in [9.17, 15) is 9.59 Å². The van der Waals surface area contributed by atoms with Crippen molar-refractivity contribution < 1.29 is 14.3 Å². The van der Waals surface area contributed by atoms with Crippen LogP contribution in [0.15, 0.2) is 97.7 Å². The lowest BCUT2D eigenvalue weighted by Gasteiger charge is -2.18. The molecule has 194 valence electrons. The zero-order valence-corrected chi connectivity index (χ0v) is 21.2. The fraction of sp³-hybridized carbons (Fsp3) is 0.129. The van der Waals surface area contributed by atoms with Crippen molar-refractivity contribution in [2.24, 2.45) is 5.73 Å². The first-order chi connectivity index (χ1) is 19.0. The van der Waals surface area contributed by atoms with Crippen LogP contribution in [0.3, 0.4) is 0 Å². The normalized spacial score (nSPS) is 15.0. The number of aromatic amines is 1. The fourth-order valence-corrected chi connectivity index (χ4v) is 5.14. The molecule has 2 aromatic heterocycles. The van der Waals surface area contributed by atoms with Crippen molar-refractivity contribution in [2.45, 2.75) is 12.3 Å². The molecule has 0 radical (unpaired) electrons. The van der Waals surface area contributed by atoms with Crippen LogP contribution in [0.1, 0.15) is 34.0 Å². The molecule has 8 nitrogen and oxygen atoms in total. The first-order valence-corrected chi connectivity index (χ1v) is 12.8. The van der Waals surface area contributed by atoms with E-state index in [0.29, 0.717) is 35.8 Å². The number of hydrogen-bond donors (Lipinski definition) is 2. The molecule has 2 amide bonds. The number of carbonyl (C=O) groups is 2. The minimum Gasteiger partial charge on any atom is -0.457 e. The van der Waals surface area contributed by atoms with Crippen LogP contribution in [-0.2, 0) is 4.79 Å². The number of ether oxygens (including phenoxy) is 1. The van der Waals surface area contributed by atoms with E-state index in [2.05, 4.69) is 16.7 Å². The van der Waals surface area contributed by atoms with E-state index < -0.39 is 5.91 Å². The molecule has 1 atom stereocenters. The van der Waals surface area contributed by atoms with E-state index >= 15 is 0 Å². The van der Waals surface area contributed by atoms with Crippen LogP contribution >= 0.6 is 0 Å². The van der Waals surface area contributed by atoms with Gasteiger partial charge in [-0.2, -0.15) is 5.10 Å². The molecule has 1 saturated heterocycles. The topological polar surface area (TPSA) is 106 Å². The van der Waals surface area contributed by atoms with Gasteiger partial charge in [-0.05, 0) is 48.4 Å². The van der Waals surface area contributed by atoms with Gasteiger partial charge in [0.25, 0.3) is 11.8 Å². The smallest absolute Gasteiger partial charge is 0.269 e. The predicted octanol–water partition coefficient (Wildman–Crippen LogP) is 5.25. The number of para-hydroxylation sites is 1. The number of nitrogens with zero attached hydrogens (tertiary/aromatic N) is 3. The van der Waals surface area contributed by atoms with E-state index in [-0.39, 0.29) is 17.5 Å². The standard InChI is InChI=1S/C31H27N5O3/c1-20(21-8-4-2-5-9-21)31(38)35-17-16-23(19-35)26-18-33-36-28(29(32)37)27(34-30(26)36)22-12-14-25(15-13-22)39-24-10-6-3-7-11-24/h2-15,18,23,34H,1,16-17,19H2,(H2,32,37). The zero-order valence-electron chi connectivity index (χ0n) is 21.2. The number of nitrogens with one attached hydrogen (secondary N) is 1. The van der Waals surface area contributed by atoms with Crippen molar-refractivity contribution in [3.8, 4) is 22.8 Å². The third-order valence-electron chi connectivity index (χ3n) is 7.14. The second-order valence-electron chi connectivity index (χ2n) is 9.59. The van der Waals surface area contributed by atoms with Gasteiger partial charge in [0, 0.05) is 35.7 Å². The summed E-state index contributed by atoms with van der Waals surface area (Å²) in [5.74, 6) is 0.814. The molecule has 3 heterocycles. The summed E-state index contributed by atoms with van der Waals surface area (Å²) in [7, 11) is 0. The number of imidazole rings is 1. The highest BCUT2D eigenvalue weighted by molar-refractivity contribution is 6.18. The van der Waals surface area contributed by atoms with Crippen molar-refractivity contribution in [3.05, 3.63) is 115 Å². The summed E-state index contributed by atoms with van der Waals surface area (Å²) in [6, 6.07) is 26.4. The molecule has 0 aliphatic carbocycles. The number of fused-ring (bicyclic) bond motifs is 1. The lowest BCUT2D eigenvalue weighted by molar-refractivity contribution is -0.124. The lowest BCUT2D eigenvalue weighted by Crippen LogP contribution is -2.28. The van der Waals surface area contributed by atoms with Crippen LogP contribution < -0.4 is 10.5 Å². The number of nitrogens with two attached hydrogens (primary N) is 1. The van der Waals surface area contributed by atoms with Crippen molar-refractivity contribution in [1.82, 2.24) is 19.5 Å². The van der Waals surface area contributed by atoms with E-state index in [1.54, 1.807) is 10.7 Å². The molecule has 1 fully saturated rings. The van der Waals surface area contributed by atoms with E-state index in [0.717, 1.165) is 28.9 Å². The molecule has 6 rings (SSSR count). The third kappa shape index (κ3) is 4.57. The minimum absolute atomic E-state index is 0.0592. The largest absolute Gasteiger partial charge is 0.457 e. The van der Waals surface area contributed by atoms with Crippen LogP contribution in [0.25, 0.3) is 22.5 Å². The summed E-state index contributed by atoms with van der Waals surface area (Å²) in [5, 5.41) is 4.50. The number of carbonyl (C=O) groups excluding carboxylic acids is 2. The molecule has 5 aromatic rings. The van der Waals surface area contributed by atoms with Crippen LogP contribution in [-0.4, -0.2) is 44.4 Å². The molecular formula is C31H27N5O3. The molecule has 3 aromatic carbocycles. The summed E-state index contributed by atoms with van der Waals surface area (Å²) in [4.78, 5) is 30.9. The highest BCUT2D eigenvalue weighted by Crippen LogP contribution is 2.34. The highest BCUT2D eigenvalue weighted by atomic mass is 16.5. The number of rotatable bonds is 7. The van der Waals surface area contributed by atoms with Crippen LogP contribution in [0.5, 0.6) is 11.5 Å². The quantitative estimate of drug-likeness (QED) is 0.288. The minimum atomic E-state index is -0.585. The molecule has 1 aliphatic heterocycles. The SMILES string of the molecule is C=C(C(=O)N1CCC(c2cnn3c(C(N)=O)c(-c4ccc(Oc5ccccc5)cc4)[nH]c23)C1)c1ccccc1. The summed E-state index contributed by atoms with van der Waals surface area (Å²) in [5.41, 5.74) is 10.4. The Balaban J connectivity index is 1.26. The summed E-state index contributed by atoms with van der Waals surface area (Å²) in [6.07, 6.45) is 2.53.